The molecule has 2 fully saturated rings. The third-order valence-electron chi connectivity index (χ3n) is 9.07. The monoisotopic (exact) mass is 650 g/mol. The number of hydrogen-bond acceptors (Lipinski definition) is 6. The number of ether oxygens (including phenoxy) is 2. The van der Waals surface area contributed by atoms with Crippen molar-refractivity contribution in [3.63, 3.8) is 0 Å². The van der Waals surface area contributed by atoms with Crippen LogP contribution < -0.4 is 20.5 Å². The van der Waals surface area contributed by atoms with Crippen LogP contribution in [0.5, 0.6) is 11.5 Å². The molecule has 0 unspecified atom stereocenters. The lowest BCUT2D eigenvalue weighted by atomic mass is 9.82. The van der Waals surface area contributed by atoms with Gasteiger partial charge in [-0.05, 0) is 81.8 Å². The number of hydrogen-bond donors (Lipinski definition) is 2. The highest BCUT2D eigenvalue weighted by Crippen LogP contribution is 2.49. The number of halogens is 4. The van der Waals surface area contributed by atoms with E-state index in [1.54, 1.807) is 38.1 Å². The van der Waals surface area contributed by atoms with Crippen LogP contribution in [0.1, 0.15) is 65.8 Å². The quantitative estimate of drug-likeness (QED) is 0.206. The Kier molecular flexibility index (Phi) is 7.34. The number of fused-ring (bicyclic) bond motifs is 2. The molecule has 3 N–H and O–H groups in total. The van der Waals surface area contributed by atoms with Gasteiger partial charge in [0.05, 0.1) is 16.8 Å². The number of rotatable bonds is 9. The molecule has 2 aromatic heterocycles. The molecule has 0 saturated heterocycles. The fourth-order valence-electron chi connectivity index (χ4n) is 5.91. The van der Waals surface area contributed by atoms with E-state index in [1.807, 2.05) is 0 Å². The molecule has 46 heavy (non-hydrogen) atoms. The van der Waals surface area contributed by atoms with Crippen molar-refractivity contribution in [2.45, 2.75) is 57.0 Å². The highest BCUT2D eigenvalue weighted by atomic mass is 35.5. The standard InChI is InChI=1S/C34H30ClF3N4O4/c1-15-23(35)10-17-9-18(11-26(29(17)41-15)46-19-5-6-19)32(43)40-13-21(16-3-4-16)25-12-22-31(45-14-34(22,2)33(39)44)30(42-25)20-7-8-24(36)28(38)27(20)37/h7-12,16,19,21H,3-6,13-14H2,1-2H3,(H2,39,44)(H,40,43)/t21-,34-/m0/s1. The zero-order valence-corrected chi connectivity index (χ0v) is 25.8. The molecule has 0 radical (unpaired) electrons. The summed E-state index contributed by atoms with van der Waals surface area (Å²) in [6.45, 7) is 3.44. The van der Waals surface area contributed by atoms with Gasteiger partial charge in [0.1, 0.15) is 34.7 Å². The van der Waals surface area contributed by atoms with Gasteiger partial charge in [0.25, 0.3) is 5.91 Å². The number of pyridine rings is 2. The summed E-state index contributed by atoms with van der Waals surface area (Å²) in [5.74, 6) is -5.07. The molecule has 238 valence electrons. The number of aryl methyl sites for hydroxylation is 1. The second kappa shape index (κ2) is 11.2. The molecule has 2 amide bonds. The number of carbonyl (C=O) groups excluding carboxylic acids is 2. The van der Waals surface area contributed by atoms with Crippen LogP contribution in [0, 0.1) is 30.3 Å². The summed E-state index contributed by atoms with van der Waals surface area (Å²) in [6, 6.07) is 8.73. The van der Waals surface area contributed by atoms with Crippen molar-refractivity contribution < 1.29 is 32.2 Å². The Labute approximate surface area is 267 Å². The van der Waals surface area contributed by atoms with E-state index in [1.165, 1.54) is 0 Å². The first-order valence-corrected chi connectivity index (χ1v) is 15.5. The second-order valence-electron chi connectivity index (χ2n) is 12.6. The third kappa shape index (κ3) is 5.30. The molecule has 2 saturated carbocycles. The Balaban J connectivity index is 1.25. The van der Waals surface area contributed by atoms with Crippen molar-refractivity contribution in [3.05, 3.63) is 81.4 Å². The van der Waals surface area contributed by atoms with E-state index in [2.05, 4.69) is 10.3 Å². The van der Waals surface area contributed by atoms with Crippen LogP contribution in [0.25, 0.3) is 22.2 Å². The van der Waals surface area contributed by atoms with Crippen LogP contribution in [0.15, 0.2) is 36.4 Å². The van der Waals surface area contributed by atoms with Crippen molar-refractivity contribution in [3.8, 4) is 22.8 Å². The predicted molar refractivity (Wildman–Crippen MR) is 165 cm³/mol. The topological polar surface area (TPSA) is 116 Å². The summed E-state index contributed by atoms with van der Waals surface area (Å²) in [6.07, 6.45) is 3.65. The molecule has 3 aliphatic rings. The minimum Gasteiger partial charge on any atom is -0.489 e. The lowest BCUT2D eigenvalue weighted by molar-refractivity contribution is -0.123. The van der Waals surface area contributed by atoms with E-state index >= 15 is 4.39 Å². The molecule has 7 rings (SSSR count). The van der Waals surface area contributed by atoms with Crippen molar-refractivity contribution in [2.75, 3.05) is 13.2 Å². The van der Waals surface area contributed by atoms with Gasteiger partial charge in [-0.1, -0.05) is 11.6 Å². The minimum atomic E-state index is -1.65. The van der Waals surface area contributed by atoms with Gasteiger partial charge in [-0.25, -0.2) is 23.1 Å². The molecule has 2 aromatic carbocycles. The Morgan fingerprint density at radius 3 is 2.57 bits per heavy atom. The minimum absolute atomic E-state index is 0.0677. The molecular weight excluding hydrogens is 621 g/mol. The smallest absolute Gasteiger partial charge is 0.251 e. The van der Waals surface area contributed by atoms with Gasteiger partial charge in [0, 0.05) is 40.2 Å². The van der Waals surface area contributed by atoms with Crippen molar-refractivity contribution in [2.24, 2.45) is 11.7 Å². The average Bonchev–Trinajstić information content (AvgIpc) is 3.97. The molecular formula is C34H30ClF3N4O4. The SMILES string of the molecule is Cc1nc2c(OC3CC3)cc(C(=O)NC[C@H](c3cc4c(c(-c5ccc(F)c(F)c5F)n3)OC[C@]4(C)C(N)=O)C3CC3)cc2cc1Cl. The van der Waals surface area contributed by atoms with Crippen molar-refractivity contribution in [1.29, 1.82) is 0 Å². The molecule has 8 nitrogen and oxygen atoms in total. The molecule has 0 spiro atoms. The normalized spacial score (nSPS) is 19.4. The maximum Gasteiger partial charge on any atom is 0.251 e. The Hall–Kier alpha value is -4.38. The highest BCUT2D eigenvalue weighted by Gasteiger charge is 2.45. The Morgan fingerprint density at radius 2 is 1.87 bits per heavy atom. The van der Waals surface area contributed by atoms with Crippen molar-refractivity contribution in [1.82, 2.24) is 15.3 Å². The zero-order chi connectivity index (χ0) is 32.5. The maximum absolute atomic E-state index is 15.1. The van der Waals surface area contributed by atoms with Crippen LogP contribution >= 0.6 is 11.6 Å². The fourth-order valence-corrected chi connectivity index (χ4v) is 6.07. The Bertz CT molecular complexity index is 1950. The molecule has 12 heteroatoms. The number of nitrogens with zero attached hydrogens (tertiary/aromatic N) is 2. The van der Waals surface area contributed by atoms with Crippen LogP contribution in [-0.4, -0.2) is 41.0 Å². The lowest BCUT2D eigenvalue weighted by Gasteiger charge is -2.22. The largest absolute Gasteiger partial charge is 0.489 e. The van der Waals surface area contributed by atoms with Gasteiger partial charge in [0.2, 0.25) is 5.91 Å². The molecule has 4 aromatic rings. The van der Waals surface area contributed by atoms with Crippen molar-refractivity contribution >= 4 is 34.3 Å². The number of benzene rings is 2. The highest BCUT2D eigenvalue weighted by molar-refractivity contribution is 6.31. The van der Waals surface area contributed by atoms with Crippen LogP contribution in [0.2, 0.25) is 5.02 Å². The number of primary amides is 1. The number of aromatic nitrogens is 2. The van der Waals surface area contributed by atoms with Crippen LogP contribution in [0.4, 0.5) is 13.2 Å². The molecule has 3 heterocycles. The van der Waals surface area contributed by atoms with E-state index in [-0.39, 0.29) is 54.0 Å². The van der Waals surface area contributed by atoms with Gasteiger partial charge < -0.3 is 20.5 Å². The van der Waals surface area contributed by atoms with Gasteiger partial charge in [0.15, 0.2) is 17.5 Å². The summed E-state index contributed by atoms with van der Waals surface area (Å²) < 4.78 is 55.2. The second-order valence-corrected chi connectivity index (χ2v) is 13.0. The molecule has 2 aliphatic carbocycles. The number of amides is 2. The van der Waals surface area contributed by atoms with E-state index in [9.17, 15) is 18.4 Å². The summed E-state index contributed by atoms with van der Waals surface area (Å²) in [5.41, 5.74) is 6.58. The van der Waals surface area contributed by atoms with Gasteiger partial charge in [-0.2, -0.15) is 0 Å². The first-order valence-electron chi connectivity index (χ1n) is 15.1. The molecule has 0 bridgehead atoms. The average molecular weight is 651 g/mol. The first kappa shape index (κ1) is 30.3. The lowest BCUT2D eigenvalue weighted by Crippen LogP contribution is -2.40. The Morgan fingerprint density at radius 1 is 1.11 bits per heavy atom. The van der Waals surface area contributed by atoms with Gasteiger partial charge in [-0.15, -0.1) is 0 Å². The van der Waals surface area contributed by atoms with Crippen LogP contribution in [0.3, 0.4) is 0 Å². The zero-order valence-electron chi connectivity index (χ0n) is 25.1. The summed E-state index contributed by atoms with van der Waals surface area (Å²) in [5, 5.41) is 4.15. The van der Waals surface area contributed by atoms with E-state index in [0.717, 1.165) is 37.8 Å². The number of nitrogens with two attached hydrogens (primary N) is 1. The van der Waals surface area contributed by atoms with E-state index < -0.39 is 28.8 Å². The summed E-state index contributed by atoms with van der Waals surface area (Å²) in [4.78, 5) is 35.5. The van der Waals surface area contributed by atoms with Gasteiger partial charge >= 0.3 is 0 Å². The first-order chi connectivity index (χ1) is 21.9. The third-order valence-corrected chi connectivity index (χ3v) is 9.45. The van der Waals surface area contributed by atoms with Crippen LogP contribution in [-0.2, 0) is 10.2 Å². The maximum atomic E-state index is 15.1. The molecule has 1 aliphatic heterocycles. The fraction of sp³-hybridized carbons (Fsp3) is 0.353. The summed E-state index contributed by atoms with van der Waals surface area (Å²) >= 11 is 6.35. The van der Waals surface area contributed by atoms with E-state index in [4.69, 9.17) is 31.8 Å². The summed E-state index contributed by atoms with van der Waals surface area (Å²) in [7, 11) is 0. The molecule has 2 atom stereocenters. The number of carbonyl (C=O) groups is 2. The van der Waals surface area contributed by atoms with Gasteiger partial charge in [-0.3, -0.25) is 9.59 Å². The van der Waals surface area contributed by atoms with E-state index in [0.29, 0.717) is 44.2 Å². The predicted octanol–water partition coefficient (Wildman–Crippen LogP) is 6.28. The number of nitrogens with one attached hydrogen (secondary N) is 1.